The molecule has 3 amide bonds. The number of likely N-dealkylation sites (tertiary alicyclic amines) is 1. The maximum absolute atomic E-state index is 14.6. The maximum Gasteiger partial charge on any atom is 0.476 e. The number of piperidine rings is 1. The molecule has 2 aromatic rings. The van der Waals surface area contributed by atoms with Crippen LogP contribution in [0, 0.1) is 0 Å². The first-order valence-electron chi connectivity index (χ1n) is 13.1. The number of hydrogen-bond donors (Lipinski definition) is 1. The lowest BCUT2D eigenvalue weighted by Gasteiger charge is -2.35. The molecule has 2 fully saturated rings. The molecule has 220 valence electrons. The van der Waals surface area contributed by atoms with E-state index in [0.29, 0.717) is 25.1 Å². The van der Waals surface area contributed by atoms with Gasteiger partial charge in [0.05, 0.1) is 12.1 Å². The van der Waals surface area contributed by atoms with Crippen LogP contribution >= 0.6 is 19.4 Å². The summed E-state index contributed by atoms with van der Waals surface area (Å²) in [4.78, 5) is 40.9. The number of carbonyl (C=O) groups excluding carboxylic acids is 3. The van der Waals surface area contributed by atoms with Crippen molar-refractivity contribution in [1.29, 1.82) is 0 Å². The third kappa shape index (κ3) is 6.69. The second-order valence-electron chi connectivity index (χ2n) is 10.2. The van der Waals surface area contributed by atoms with E-state index in [4.69, 9.17) is 25.2 Å². The van der Waals surface area contributed by atoms with E-state index in [0.717, 1.165) is 41.0 Å². The summed E-state index contributed by atoms with van der Waals surface area (Å²) >= 11 is 5.75. The largest absolute Gasteiger partial charge is 0.476 e. The van der Waals surface area contributed by atoms with Crippen LogP contribution in [0.15, 0.2) is 42.5 Å². The van der Waals surface area contributed by atoms with E-state index in [1.807, 2.05) is 11.0 Å². The van der Waals surface area contributed by atoms with E-state index in [-0.39, 0.29) is 24.1 Å². The number of amides is 3. The van der Waals surface area contributed by atoms with E-state index in [9.17, 15) is 27.7 Å². The van der Waals surface area contributed by atoms with Crippen molar-refractivity contribution in [2.75, 3.05) is 13.8 Å². The highest BCUT2D eigenvalue weighted by Crippen LogP contribution is 2.53. The van der Waals surface area contributed by atoms with Crippen LogP contribution in [0.5, 0.6) is 0 Å². The number of nitrogens with zero attached hydrogens (tertiary/aromatic N) is 2. The molecule has 1 saturated heterocycles. The normalized spacial score (nSPS) is 21.1. The second kappa shape index (κ2) is 11.9. The number of phosphoric ester groups is 1. The van der Waals surface area contributed by atoms with E-state index in [1.165, 1.54) is 19.2 Å². The fourth-order valence-electron chi connectivity index (χ4n) is 4.79. The Bertz CT molecular complexity index is 1390. The first-order chi connectivity index (χ1) is 19.5. The molecule has 0 aromatic heterocycles. The van der Waals surface area contributed by atoms with Gasteiger partial charge < -0.3 is 5.32 Å². The zero-order valence-corrected chi connectivity index (χ0v) is 23.8. The maximum atomic E-state index is 14.6. The number of benzene rings is 2. The minimum atomic E-state index is -3.90. The molecule has 0 spiro atoms. The Labute approximate surface area is 240 Å². The molecule has 0 radical (unpaired) electrons. The Kier molecular flexibility index (Phi) is 8.61. The smallest absolute Gasteiger partial charge is 0.346 e. The first-order valence-corrected chi connectivity index (χ1v) is 14.9. The summed E-state index contributed by atoms with van der Waals surface area (Å²) in [5.41, 5.74) is 1.99. The molecular formula is C27H29ClF2N3O7P. The van der Waals surface area contributed by atoms with E-state index in [1.54, 1.807) is 12.1 Å². The van der Waals surface area contributed by atoms with Crippen LogP contribution < -0.4 is 5.32 Å². The molecule has 2 aromatic carbocycles. The topological polar surface area (TPSA) is 114 Å². The molecule has 41 heavy (non-hydrogen) atoms. The summed E-state index contributed by atoms with van der Waals surface area (Å²) in [7, 11) is -2.72. The average Bonchev–Trinajstić information content (AvgIpc) is 3.66. The molecule has 2 unspecified atom stereocenters. The molecule has 1 saturated carbocycles. The lowest BCUT2D eigenvalue weighted by molar-refractivity contribution is -0.157. The van der Waals surface area contributed by atoms with Crippen molar-refractivity contribution in [3.05, 3.63) is 69.7 Å². The fraction of sp³-hybridized carbons (Fsp3) is 0.444. The monoisotopic (exact) mass is 611 g/mol. The number of imide groups is 1. The van der Waals surface area contributed by atoms with Gasteiger partial charge in [-0.1, -0.05) is 41.9 Å². The van der Waals surface area contributed by atoms with Gasteiger partial charge in [0.15, 0.2) is 0 Å². The van der Waals surface area contributed by atoms with Crippen molar-refractivity contribution < 1.29 is 41.3 Å². The third-order valence-corrected chi connectivity index (χ3v) is 8.95. The van der Waals surface area contributed by atoms with Crippen molar-refractivity contribution >= 4 is 37.1 Å². The molecule has 2 heterocycles. The van der Waals surface area contributed by atoms with Gasteiger partial charge in [0, 0.05) is 43.8 Å². The van der Waals surface area contributed by atoms with Crippen LogP contribution in [0.4, 0.5) is 8.78 Å². The van der Waals surface area contributed by atoms with Gasteiger partial charge in [-0.25, -0.2) is 4.57 Å². The summed E-state index contributed by atoms with van der Waals surface area (Å²) in [6.45, 7) is 0.174. The lowest BCUT2D eigenvalue weighted by atomic mass is 10.0. The summed E-state index contributed by atoms with van der Waals surface area (Å²) < 4.78 is 57.3. The number of phosphoric acid groups is 1. The number of fused-ring (bicyclic) bond motifs is 1. The van der Waals surface area contributed by atoms with Crippen molar-refractivity contribution in [3.63, 3.8) is 0 Å². The Morgan fingerprint density at radius 2 is 1.80 bits per heavy atom. The molecular weight excluding hydrogens is 583 g/mol. The molecule has 0 bridgehead atoms. The zero-order valence-electron chi connectivity index (χ0n) is 22.2. The van der Waals surface area contributed by atoms with Crippen LogP contribution in [0.3, 0.4) is 0 Å². The molecule has 2 atom stereocenters. The van der Waals surface area contributed by atoms with Crippen LogP contribution in [-0.2, 0) is 58.1 Å². The Morgan fingerprint density at radius 1 is 1.10 bits per heavy atom. The van der Waals surface area contributed by atoms with Gasteiger partial charge in [0.1, 0.15) is 6.73 Å². The van der Waals surface area contributed by atoms with E-state index < -0.39 is 49.8 Å². The molecule has 1 N–H and O–H groups in total. The molecule has 14 heteroatoms. The Balaban J connectivity index is 1.18. The van der Waals surface area contributed by atoms with Gasteiger partial charge in [-0.3, -0.25) is 37.8 Å². The molecule has 5 rings (SSSR count). The van der Waals surface area contributed by atoms with Crippen LogP contribution in [0.25, 0.3) is 0 Å². The van der Waals surface area contributed by atoms with Gasteiger partial charge in [0.25, 0.3) is 5.91 Å². The van der Waals surface area contributed by atoms with Crippen molar-refractivity contribution in [2.45, 2.75) is 63.4 Å². The van der Waals surface area contributed by atoms with Gasteiger partial charge in [-0.2, -0.15) is 8.78 Å². The summed E-state index contributed by atoms with van der Waals surface area (Å²) in [5.74, 6) is -6.07. The summed E-state index contributed by atoms with van der Waals surface area (Å²) in [5, 5.41) is 2.58. The van der Waals surface area contributed by atoms with E-state index >= 15 is 0 Å². The SMILES string of the molecule is COP(=O)(OCN1C(=O)CCC(N2Cc3ccc(CNC(=O)C(F)(F)c4ccc(Cl)cc4)cc3C2)C1=O)OC1CC1. The predicted octanol–water partition coefficient (Wildman–Crippen LogP) is 4.49. The number of carbonyl (C=O) groups is 3. The van der Waals surface area contributed by atoms with Crippen LogP contribution in [0.1, 0.15) is 47.9 Å². The zero-order chi connectivity index (χ0) is 29.4. The van der Waals surface area contributed by atoms with Crippen molar-refractivity contribution in [1.82, 2.24) is 15.1 Å². The first kappa shape index (κ1) is 29.8. The van der Waals surface area contributed by atoms with E-state index in [2.05, 4.69) is 5.32 Å². The summed E-state index contributed by atoms with van der Waals surface area (Å²) in [6, 6.07) is 9.57. The summed E-state index contributed by atoms with van der Waals surface area (Å²) in [6.07, 6.45) is 1.67. The van der Waals surface area contributed by atoms with Gasteiger partial charge in [-0.05, 0) is 48.1 Å². The number of halogens is 3. The number of nitrogens with one attached hydrogen (secondary N) is 1. The lowest BCUT2D eigenvalue weighted by Crippen LogP contribution is -2.53. The Morgan fingerprint density at radius 3 is 2.49 bits per heavy atom. The highest BCUT2D eigenvalue weighted by Gasteiger charge is 2.43. The van der Waals surface area contributed by atoms with Gasteiger partial charge in [-0.15, -0.1) is 0 Å². The minimum absolute atomic E-state index is 0.104. The predicted molar refractivity (Wildman–Crippen MR) is 142 cm³/mol. The van der Waals surface area contributed by atoms with Crippen LogP contribution in [-0.4, -0.2) is 53.5 Å². The number of hydrogen-bond acceptors (Lipinski definition) is 8. The highest BCUT2D eigenvalue weighted by molar-refractivity contribution is 7.48. The van der Waals surface area contributed by atoms with Crippen molar-refractivity contribution in [3.8, 4) is 0 Å². The molecule has 10 nitrogen and oxygen atoms in total. The number of alkyl halides is 2. The fourth-order valence-corrected chi connectivity index (χ4v) is 6.01. The van der Waals surface area contributed by atoms with Gasteiger partial charge >= 0.3 is 13.7 Å². The highest BCUT2D eigenvalue weighted by atomic mass is 35.5. The Hall–Kier alpha value is -2.73. The molecule has 1 aliphatic carbocycles. The second-order valence-corrected chi connectivity index (χ2v) is 12.3. The van der Waals surface area contributed by atoms with Crippen LogP contribution in [0.2, 0.25) is 5.02 Å². The molecule has 3 aliphatic rings. The van der Waals surface area contributed by atoms with Crippen molar-refractivity contribution in [2.24, 2.45) is 0 Å². The molecule has 2 aliphatic heterocycles. The quantitative estimate of drug-likeness (QED) is 0.292. The minimum Gasteiger partial charge on any atom is -0.346 e. The van der Waals surface area contributed by atoms with Gasteiger partial charge in [0.2, 0.25) is 11.8 Å². The standard InChI is InChI=1S/C27H29ClF2N3O7P/c1-38-41(37,40-22-8-9-22)39-16-33-24(34)11-10-23(25(33)35)32-14-18-3-2-17(12-19(18)15-32)13-31-26(36)27(29,30)20-4-6-21(28)7-5-20/h2-7,12,22-23H,8-11,13-16H2,1H3,(H,31,36). The number of rotatable bonds is 11. The average molecular weight is 612 g/mol. The third-order valence-electron chi connectivity index (χ3n) is 7.26.